The lowest BCUT2D eigenvalue weighted by molar-refractivity contribution is -0.155. The first kappa shape index (κ1) is 34.7. The van der Waals surface area contributed by atoms with E-state index in [0.29, 0.717) is 0 Å². The number of urea groups is 1. The standard InChI is InChI=1S/C38H42N2O7/c1-27(2)23-40(24-35(41)37(43)47-26-30-12-8-5-9-13-30)38(44)39-34(36(42)46-25-29-10-6-4-7-11-29)22-28-14-16-31(17-15-28)32-18-20-33(45-3)21-19-32/h4-21,27,34-35,41H,22-26H2,1-3H3,(H,39,44)/t34-,35?/m0/s1. The Kier molecular flexibility index (Phi) is 12.9. The minimum atomic E-state index is -1.57. The van der Waals surface area contributed by atoms with Crippen molar-refractivity contribution >= 4 is 18.0 Å². The van der Waals surface area contributed by atoms with Crippen LogP contribution in [-0.4, -0.2) is 60.3 Å². The number of aliphatic hydroxyl groups is 1. The number of amides is 2. The molecular formula is C38H42N2O7. The zero-order chi connectivity index (χ0) is 33.6. The number of nitrogens with zero attached hydrogens (tertiary/aromatic N) is 1. The van der Waals surface area contributed by atoms with E-state index in [4.69, 9.17) is 14.2 Å². The van der Waals surface area contributed by atoms with Gasteiger partial charge in [0, 0.05) is 13.0 Å². The van der Waals surface area contributed by atoms with Gasteiger partial charge in [-0.1, -0.05) is 111 Å². The molecule has 0 aliphatic heterocycles. The van der Waals surface area contributed by atoms with Gasteiger partial charge in [-0.05, 0) is 45.9 Å². The van der Waals surface area contributed by atoms with Gasteiger partial charge in [0.2, 0.25) is 0 Å². The van der Waals surface area contributed by atoms with Gasteiger partial charge in [0.25, 0.3) is 0 Å². The number of carbonyl (C=O) groups is 3. The Morgan fingerprint density at radius 1 is 0.681 bits per heavy atom. The fourth-order valence-electron chi connectivity index (χ4n) is 4.90. The monoisotopic (exact) mass is 638 g/mol. The van der Waals surface area contributed by atoms with Crippen molar-refractivity contribution in [2.24, 2.45) is 5.92 Å². The van der Waals surface area contributed by atoms with Crippen LogP contribution in [0.15, 0.2) is 109 Å². The number of benzene rings is 4. The molecule has 0 saturated carbocycles. The second-order valence-electron chi connectivity index (χ2n) is 11.6. The molecule has 0 bridgehead atoms. The number of nitrogens with one attached hydrogen (secondary N) is 1. The lowest BCUT2D eigenvalue weighted by Crippen LogP contribution is -2.52. The van der Waals surface area contributed by atoms with Gasteiger partial charge in [-0.15, -0.1) is 0 Å². The molecule has 246 valence electrons. The molecule has 9 heteroatoms. The Bertz CT molecular complexity index is 1560. The van der Waals surface area contributed by atoms with E-state index in [2.05, 4.69) is 5.32 Å². The summed E-state index contributed by atoms with van der Waals surface area (Å²) in [6.07, 6.45) is -1.41. The number of hydrogen-bond acceptors (Lipinski definition) is 7. The SMILES string of the molecule is COc1ccc(-c2ccc(C[C@H](NC(=O)N(CC(C)C)CC(O)C(=O)OCc3ccccc3)C(=O)OCc3ccccc3)cc2)cc1. The van der Waals surface area contributed by atoms with Crippen LogP contribution in [-0.2, 0) is 38.7 Å². The largest absolute Gasteiger partial charge is 0.497 e. The summed E-state index contributed by atoms with van der Waals surface area (Å²) in [6, 6.07) is 32.2. The van der Waals surface area contributed by atoms with E-state index in [0.717, 1.165) is 33.6 Å². The molecule has 4 aromatic carbocycles. The van der Waals surface area contributed by atoms with Gasteiger partial charge in [-0.3, -0.25) is 0 Å². The first-order valence-corrected chi connectivity index (χ1v) is 15.6. The van der Waals surface area contributed by atoms with Gasteiger partial charge < -0.3 is 29.5 Å². The van der Waals surface area contributed by atoms with Gasteiger partial charge in [0.15, 0.2) is 6.10 Å². The predicted octanol–water partition coefficient (Wildman–Crippen LogP) is 5.79. The summed E-state index contributed by atoms with van der Waals surface area (Å²) in [5.74, 6) is -0.664. The lowest BCUT2D eigenvalue weighted by Gasteiger charge is -2.28. The van der Waals surface area contributed by atoms with Crippen LogP contribution < -0.4 is 10.1 Å². The van der Waals surface area contributed by atoms with E-state index in [9.17, 15) is 19.5 Å². The Morgan fingerprint density at radius 3 is 1.70 bits per heavy atom. The van der Waals surface area contributed by atoms with Crippen molar-refractivity contribution in [1.29, 1.82) is 0 Å². The second kappa shape index (κ2) is 17.5. The Morgan fingerprint density at radius 2 is 1.19 bits per heavy atom. The van der Waals surface area contributed by atoms with E-state index in [1.54, 1.807) is 7.11 Å². The first-order valence-electron chi connectivity index (χ1n) is 15.6. The van der Waals surface area contributed by atoms with E-state index < -0.39 is 30.1 Å². The van der Waals surface area contributed by atoms with E-state index in [-0.39, 0.29) is 38.6 Å². The van der Waals surface area contributed by atoms with Gasteiger partial charge in [-0.25, -0.2) is 14.4 Å². The normalized spacial score (nSPS) is 12.1. The third-order valence-corrected chi connectivity index (χ3v) is 7.39. The fourth-order valence-corrected chi connectivity index (χ4v) is 4.90. The zero-order valence-electron chi connectivity index (χ0n) is 27.0. The molecule has 0 aliphatic rings. The highest BCUT2D eigenvalue weighted by Gasteiger charge is 2.29. The Balaban J connectivity index is 1.46. The number of methoxy groups -OCH3 is 1. The van der Waals surface area contributed by atoms with Crippen LogP contribution in [0.25, 0.3) is 11.1 Å². The molecule has 0 saturated heterocycles. The van der Waals surface area contributed by atoms with Crippen molar-refractivity contribution in [1.82, 2.24) is 10.2 Å². The molecule has 0 spiro atoms. The van der Waals surface area contributed by atoms with Gasteiger partial charge in [-0.2, -0.15) is 0 Å². The highest BCUT2D eigenvalue weighted by molar-refractivity contribution is 5.84. The maximum Gasteiger partial charge on any atom is 0.337 e. The summed E-state index contributed by atoms with van der Waals surface area (Å²) in [5.41, 5.74) is 4.39. The van der Waals surface area contributed by atoms with Crippen molar-refractivity contribution in [2.75, 3.05) is 20.2 Å². The van der Waals surface area contributed by atoms with Crippen molar-refractivity contribution in [2.45, 2.75) is 45.6 Å². The highest BCUT2D eigenvalue weighted by atomic mass is 16.5. The summed E-state index contributed by atoms with van der Waals surface area (Å²) >= 11 is 0. The molecule has 9 nitrogen and oxygen atoms in total. The van der Waals surface area contributed by atoms with E-state index in [1.165, 1.54) is 4.90 Å². The molecule has 0 heterocycles. The van der Waals surface area contributed by atoms with Crippen LogP contribution in [0.3, 0.4) is 0 Å². The summed E-state index contributed by atoms with van der Waals surface area (Å²) in [5, 5.41) is 13.5. The lowest BCUT2D eigenvalue weighted by atomic mass is 10.0. The molecule has 4 aromatic rings. The van der Waals surface area contributed by atoms with Crippen LogP contribution in [0.1, 0.15) is 30.5 Å². The average Bonchev–Trinajstić information content (AvgIpc) is 3.10. The van der Waals surface area contributed by atoms with Crippen LogP contribution >= 0.6 is 0 Å². The van der Waals surface area contributed by atoms with E-state index >= 15 is 0 Å². The number of hydrogen-bond donors (Lipinski definition) is 2. The van der Waals surface area contributed by atoms with Gasteiger partial charge in [0.1, 0.15) is 25.0 Å². The van der Waals surface area contributed by atoms with Crippen molar-refractivity contribution < 1.29 is 33.7 Å². The Hall–Kier alpha value is -5.15. The molecule has 2 amide bonds. The number of rotatable bonds is 15. The van der Waals surface area contributed by atoms with Crippen molar-refractivity contribution in [3.05, 3.63) is 126 Å². The highest BCUT2D eigenvalue weighted by Crippen LogP contribution is 2.23. The quantitative estimate of drug-likeness (QED) is 0.159. The smallest absolute Gasteiger partial charge is 0.337 e. The third-order valence-electron chi connectivity index (χ3n) is 7.39. The van der Waals surface area contributed by atoms with Crippen LogP contribution in [0.5, 0.6) is 5.75 Å². The molecular weight excluding hydrogens is 596 g/mol. The number of ether oxygens (including phenoxy) is 3. The number of esters is 2. The number of aliphatic hydroxyl groups excluding tert-OH is 1. The van der Waals surface area contributed by atoms with Crippen LogP contribution in [0.2, 0.25) is 0 Å². The third kappa shape index (κ3) is 11.0. The predicted molar refractivity (Wildman–Crippen MR) is 179 cm³/mol. The molecule has 4 rings (SSSR count). The fraction of sp³-hybridized carbons (Fsp3) is 0.289. The summed E-state index contributed by atoms with van der Waals surface area (Å²) in [7, 11) is 1.62. The Labute approximate surface area is 276 Å². The summed E-state index contributed by atoms with van der Waals surface area (Å²) in [4.78, 5) is 41.0. The summed E-state index contributed by atoms with van der Waals surface area (Å²) in [6.45, 7) is 3.80. The second-order valence-corrected chi connectivity index (χ2v) is 11.6. The van der Waals surface area contributed by atoms with Crippen molar-refractivity contribution in [3.8, 4) is 16.9 Å². The minimum Gasteiger partial charge on any atom is -0.497 e. The first-order chi connectivity index (χ1) is 22.7. The molecule has 0 fully saturated rings. The van der Waals surface area contributed by atoms with Gasteiger partial charge in [0.05, 0.1) is 13.7 Å². The zero-order valence-corrected chi connectivity index (χ0v) is 27.0. The summed E-state index contributed by atoms with van der Waals surface area (Å²) < 4.78 is 16.1. The van der Waals surface area contributed by atoms with Crippen LogP contribution in [0, 0.1) is 5.92 Å². The number of carbonyl (C=O) groups excluding carboxylic acids is 3. The van der Waals surface area contributed by atoms with E-state index in [1.807, 2.05) is 123 Å². The molecule has 2 atom stereocenters. The maximum atomic E-state index is 13.6. The maximum absolute atomic E-state index is 13.6. The molecule has 2 N–H and O–H groups in total. The molecule has 0 aliphatic carbocycles. The molecule has 47 heavy (non-hydrogen) atoms. The molecule has 1 unspecified atom stereocenters. The van der Waals surface area contributed by atoms with Crippen LogP contribution in [0.4, 0.5) is 4.79 Å². The van der Waals surface area contributed by atoms with Crippen molar-refractivity contribution in [3.63, 3.8) is 0 Å². The van der Waals surface area contributed by atoms with Gasteiger partial charge >= 0.3 is 18.0 Å². The average molecular weight is 639 g/mol. The minimum absolute atomic E-state index is 0.000303. The topological polar surface area (TPSA) is 114 Å². The molecule has 0 radical (unpaired) electrons. The molecule has 0 aromatic heterocycles.